The minimum absolute atomic E-state index is 0.628. The Morgan fingerprint density at radius 1 is 1.13 bits per heavy atom. The lowest BCUT2D eigenvalue weighted by Crippen LogP contribution is -2.41. The molecule has 0 aromatic heterocycles. The first-order valence-corrected chi connectivity index (χ1v) is 6.75. The fraction of sp³-hybridized carbons (Fsp3) is 1.00. The summed E-state index contributed by atoms with van der Waals surface area (Å²) in [5, 5.41) is 0. The second-order valence-corrected chi connectivity index (χ2v) is 4.85. The normalized spacial score (nSPS) is 20.8. The van der Waals surface area contributed by atoms with Gasteiger partial charge in [-0.1, -0.05) is 46.0 Å². The molecule has 0 amide bonds. The third-order valence-electron chi connectivity index (χ3n) is 3.93. The van der Waals surface area contributed by atoms with Crippen LogP contribution < -0.4 is 5.73 Å². The molecule has 0 radical (unpaired) electrons. The molecular weight excluding hydrogens is 184 g/mol. The fourth-order valence-electron chi connectivity index (χ4n) is 2.94. The van der Waals surface area contributed by atoms with Gasteiger partial charge in [-0.15, -0.1) is 0 Å². The van der Waals surface area contributed by atoms with E-state index in [1.807, 2.05) is 0 Å². The first kappa shape index (κ1) is 13.0. The summed E-state index contributed by atoms with van der Waals surface area (Å²) < 4.78 is 0. The number of rotatable bonds is 6. The van der Waals surface area contributed by atoms with E-state index in [1.165, 1.54) is 38.5 Å². The van der Waals surface area contributed by atoms with Crippen molar-refractivity contribution in [1.29, 1.82) is 0 Å². The number of hydrogen-bond acceptors (Lipinski definition) is 2. The highest BCUT2D eigenvalue weighted by Gasteiger charge is 2.21. The zero-order valence-corrected chi connectivity index (χ0v) is 10.5. The zero-order valence-electron chi connectivity index (χ0n) is 10.5. The van der Waals surface area contributed by atoms with E-state index in [2.05, 4.69) is 18.7 Å². The minimum Gasteiger partial charge on any atom is -0.329 e. The van der Waals surface area contributed by atoms with E-state index in [0.29, 0.717) is 6.04 Å². The quantitative estimate of drug-likeness (QED) is 0.733. The predicted octanol–water partition coefficient (Wildman–Crippen LogP) is 2.63. The molecule has 0 aromatic rings. The summed E-state index contributed by atoms with van der Waals surface area (Å²) in [5.74, 6) is 0.952. The number of likely N-dealkylation sites (N-methyl/N-ethyl adjacent to an activating group) is 1. The molecule has 0 bridgehead atoms. The van der Waals surface area contributed by atoms with Crippen molar-refractivity contribution >= 4 is 0 Å². The Balaban J connectivity index is 2.36. The molecule has 2 nitrogen and oxygen atoms in total. The molecule has 0 saturated heterocycles. The molecule has 0 heterocycles. The third kappa shape index (κ3) is 4.12. The average Bonchev–Trinajstić information content (AvgIpc) is 2.30. The van der Waals surface area contributed by atoms with Gasteiger partial charge in [0.05, 0.1) is 0 Å². The number of nitrogens with zero attached hydrogens (tertiary/aromatic N) is 1. The van der Waals surface area contributed by atoms with Crippen LogP contribution in [0.25, 0.3) is 0 Å². The first-order chi connectivity index (χ1) is 7.31. The summed E-state index contributed by atoms with van der Waals surface area (Å²) in [5.41, 5.74) is 5.90. The van der Waals surface area contributed by atoms with Gasteiger partial charge >= 0.3 is 0 Å². The Morgan fingerprint density at radius 2 is 1.73 bits per heavy atom. The Hall–Kier alpha value is -0.0800. The molecule has 1 rings (SSSR count). The van der Waals surface area contributed by atoms with Gasteiger partial charge in [-0.05, 0) is 25.4 Å². The molecule has 1 fully saturated rings. The van der Waals surface area contributed by atoms with E-state index in [1.54, 1.807) is 0 Å². The van der Waals surface area contributed by atoms with Crippen LogP contribution in [0.3, 0.4) is 0 Å². The summed E-state index contributed by atoms with van der Waals surface area (Å²) in [7, 11) is 0. The summed E-state index contributed by atoms with van der Waals surface area (Å²) in [6, 6.07) is 0.628. The van der Waals surface area contributed by atoms with Gasteiger partial charge in [-0.25, -0.2) is 0 Å². The van der Waals surface area contributed by atoms with Crippen LogP contribution in [-0.2, 0) is 0 Å². The summed E-state index contributed by atoms with van der Waals surface area (Å²) in [6.45, 7) is 7.61. The van der Waals surface area contributed by atoms with E-state index >= 15 is 0 Å². The summed E-state index contributed by atoms with van der Waals surface area (Å²) >= 11 is 0. The third-order valence-corrected chi connectivity index (χ3v) is 3.93. The molecule has 1 aliphatic rings. The topological polar surface area (TPSA) is 29.3 Å². The molecule has 1 aliphatic carbocycles. The SMILES string of the molecule is CCN(CC)C(CN)CC1CCCCC1. The van der Waals surface area contributed by atoms with Crippen molar-refractivity contribution in [2.45, 2.75) is 58.4 Å². The van der Waals surface area contributed by atoms with Gasteiger partial charge < -0.3 is 5.73 Å². The lowest BCUT2D eigenvalue weighted by molar-refractivity contribution is 0.174. The average molecular weight is 212 g/mol. The highest BCUT2D eigenvalue weighted by atomic mass is 15.2. The van der Waals surface area contributed by atoms with Crippen molar-refractivity contribution in [1.82, 2.24) is 4.90 Å². The van der Waals surface area contributed by atoms with Crippen LogP contribution >= 0.6 is 0 Å². The fourth-order valence-corrected chi connectivity index (χ4v) is 2.94. The van der Waals surface area contributed by atoms with Crippen LogP contribution in [-0.4, -0.2) is 30.6 Å². The monoisotopic (exact) mass is 212 g/mol. The lowest BCUT2D eigenvalue weighted by Gasteiger charge is -2.33. The highest BCUT2D eigenvalue weighted by Crippen LogP contribution is 2.28. The zero-order chi connectivity index (χ0) is 11.1. The van der Waals surface area contributed by atoms with Crippen LogP contribution in [0.4, 0.5) is 0 Å². The van der Waals surface area contributed by atoms with E-state index in [4.69, 9.17) is 5.73 Å². The van der Waals surface area contributed by atoms with Crippen LogP contribution in [0.2, 0.25) is 0 Å². The molecule has 90 valence electrons. The molecule has 2 heteroatoms. The molecule has 0 spiro atoms. The standard InChI is InChI=1S/C13H28N2/c1-3-15(4-2)13(11-14)10-12-8-6-5-7-9-12/h12-13H,3-11,14H2,1-2H3. The summed E-state index contributed by atoms with van der Waals surface area (Å²) in [6.07, 6.45) is 8.56. The number of nitrogens with two attached hydrogens (primary N) is 1. The Morgan fingerprint density at radius 3 is 2.20 bits per heavy atom. The van der Waals surface area contributed by atoms with E-state index < -0.39 is 0 Å². The van der Waals surface area contributed by atoms with Crippen LogP contribution in [0, 0.1) is 5.92 Å². The van der Waals surface area contributed by atoms with Gasteiger partial charge in [0.2, 0.25) is 0 Å². The van der Waals surface area contributed by atoms with Gasteiger partial charge in [0.25, 0.3) is 0 Å². The Kier molecular flexibility index (Phi) is 6.26. The van der Waals surface area contributed by atoms with Crippen molar-refractivity contribution < 1.29 is 0 Å². The molecule has 0 aromatic carbocycles. The largest absolute Gasteiger partial charge is 0.329 e. The van der Waals surface area contributed by atoms with Gasteiger partial charge in [0.1, 0.15) is 0 Å². The minimum atomic E-state index is 0.628. The molecular formula is C13H28N2. The number of hydrogen-bond donors (Lipinski definition) is 1. The highest BCUT2D eigenvalue weighted by molar-refractivity contribution is 4.77. The second-order valence-electron chi connectivity index (χ2n) is 4.85. The predicted molar refractivity (Wildman–Crippen MR) is 67.0 cm³/mol. The van der Waals surface area contributed by atoms with E-state index in [0.717, 1.165) is 25.6 Å². The van der Waals surface area contributed by atoms with Crippen molar-refractivity contribution in [3.63, 3.8) is 0 Å². The maximum atomic E-state index is 5.90. The van der Waals surface area contributed by atoms with Gasteiger partial charge in [0.15, 0.2) is 0 Å². The van der Waals surface area contributed by atoms with E-state index in [9.17, 15) is 0 Å². The maximum Gasteiger partial charge on any atom is 0.0220 e. The van der Waals surface area contributed by atoms with Crippen molar-refractivity contribution in [3.05, 3.63) is 0 Å². The molecule has 1 atom stereocenters. The smallest absolute Gasteiger partial charge is 0.0220 e. The molecule has 1 unspecified atom stereocenters. The van der Waals surface area contributed by atoms with Crippen molar-refractivity contribution in [2.24, 2.45) is 11.7 Å². The Bertz CT molecular complexity index is 149. The van der Waals surface area contributed by atoms with Crippen LogP contribution in [0.15, 0.2) is 0 Å². The van der Waals surface area contributed by atoms with Gasteiger partial charge in [-0.3, -0.25) is 4.90 Å². The van der Waals surface area contributed by atoms with Gasteiger partial charge in [0, 0.05) is 12.6 Å². The first-order valence-electron chi connectivity index (χ1n) is 6.75. The molecule has 2 N–H and O–H groups in total. The second kappa shape index (κ2) is 7.24. The van der Waals surface area contributed by atoms with Crippen LogP contribution in [0.1, 0.15) is 52.4 Å². The van der Waals surface area contributed by atoms with Crippen molar-refractivity contribution in [2.75, 3.05) is 19.6 Å². The van der Waals surface area contributed by atoms with E-state index in [-0.39, 0.29) is 0 Å². The van der Waals surface area contributed by atoms with Crippen molar-refractivity contribution in [3.8, 4) is 0 Å². The molecule has 1 saturated carbocycles. The molecule has 15 heavy (non-hydrogen) atoms. The maximum absolute atomic E-state index is 5.90. The lowest BCUT2D eigenvalue weighted by atomic mass is 9.84. The van der Waals surface area contributed by atoms with Crippen LogP contribution in [0.5, 0.6) is 0 Å². The Labute approximate surface area is 95.2 Å². The summed E-state index contributed by atoms with van der Waals surface area (Å²) in [4.78, 5) is 2.52. The van der Waals surface area contributed by atoms with Gasteiger partial charge in [-0.2, -0.15) is 0 Å². The molecule has 0 aliphatic heterocycles.